The van der Waals surface area contributed by atoms with Crippen molar-refractivity contribution in [2.75, 3.05) is 0 Å². The molecule has 0 fully saturated rings. The number of rotatable bonds is 8. The van der Waals surface area contributed by atoms with E-state index in [0.29, 0.717) is 0 Å². The van der Waals surface area contributed by atoms with Crippen LogP contribution in [0.15, 0.2) is 223 Å². The van der Waals surface area contributed by atoms with Gasteiger partial charge in [0.05, 0.1) is 11.1 Å². The molecule has 0 aromatic heterocycles. The van der Waals surface area contributed by atoms with Gasteiger partial charge in [-0.25, -0.2) is 4.99 Å². The van der Waals surface area contributed by atoms with Crippen LogP contribution in [0.25, 0.3) is 39.5 Å². The number of benzene rings is 8. The smallest absolute Gasteiger partial charge is 0.152 e. The third-order valence-corrected chi connectivity index (χ3v) is 10.7. The number of hydrogen-bond donors (Lipinski definition) is 1. The van der Waals surface area contributed by atoms with E-state index < -0.39 is 5.41 Å². The van der Waals surface area contributed by atoms with Crippen molar-refractivity contribution in [3.8, 4) is 33.4 Å². The zero-order chi connectivity index (χ0) is 37.0. The molecule has 2 nitrogen and oxygen atoms in total. The van der Waals surface area contributed by atoms with E-state index in [1.165, 1.54) is 44.5 Å². The van der Waals surface area contributed by atoms with Gasteiger partial charge in [0.1, 0.15) is 0 Å². The number of hydrogen-bond acceptors (Lipinski definition) is 1. The van der Waals surface area contributed by atoms with Gasteiger partial charge >= 0.3 is 0 Å². The Hall–Kier alpha value is -7.16. The van der Waals surface area contributed by atoms with Crippen LogP contribution in [0.4, 0.5) is 0 Å². The molecule has 9 rings (SSSR count). The lowest BCUT2D eigenvalue weighted by Crippen LogP contribution is -2.28. The van der Waals surface area contributed by atoms with Crippen LogP contribution in [0, 0.1) is 5.41 Å². The number of fused-ring (bicyclic) bond motifs is 3. The van der Waals surface area contributed by atoms with Gasteiger partial charge in [0.2, 0.25) is 0 Å². The Morgan fingerprint density at radius 2 is 0.891 bits per heavy atom. The van der Waals surface area contributed by atoms with Crippen molar-refractivity contribution in [2.45, 2.75) is 5.41 Å². The molecule has 0 heterocycles. The number of nitrogens with zero attached hydrogens (tertiary/aromatic N) is 1. The van der Waals surface area contributed by atoms with E-state index in [2.05, 4.69) is 152 Å². The fourth-order valence-electron chi connectivity index (χ4n) is 8.04. The first-order valence-electron chi connectivity index (χ1n) is 18.7. The van der Waals surface area contributed by atoms with E-state index in [-0.39, 0.29) is 5.84 Å². The molecule has 0 saturated heterocycles. The highest BCUT2D eigenvalue weighted by Crippen LogP contribution is 2.56. The topological polar surface area (TPSA) is 36.2 Å². The van der Waals surface area contributed by atoms with Crippen LogP contribution in [0.1, 0.15) is 38.9 Å². The van der Waals surface area contributed by atoms with Crippen molar-refractivity contribution in [2.24, 2.45) is 4.99 Å². The third-order valence-electron chi connectivity index (χ3n) is 10.7. The highest BCUT2D eigenvalue weighted by atomic mass is 14.8. The highest BCUT2D eigenvalue weighted by molar-refractivity contribution is 6.17. The molecule has 1 aliphatic rings. The molecule has 0 spiro atoms. The van der Waals surface area contributed by atoms with E-state index in [9.17, 15) is 0 Å². The summed E-state index contributed by atoms with van der Waals surface area (Å²) in [5.41, 5.74) is 15.5. The first-order valence-corrected chi connectivity index (χ1v) is 18.7. The Kier molecular flexibility index (Phi) is 8.99. The molecule has 0 unspecified atom stereocenters. The minimum absolute atomic E-state index is 0.222. The third kappa shape index (κ3) is 6.34. The first-order chi connectivity index (χ1) is 27.2. The van der Waals surface area contributed by atoms with Crippen molar-refractivity contribution in [1.29, 1.82) is 5.41 Å². The SMILES string of the molecule is N=C(N=C(/C=C/c1ccccc1)c1ccccc1)c1ccc(-c2ccc(-c3ccc4c(c3)-c3ccccc3C4(c3ccccc3)c3ccccc3)cc2)cc1. The predicted octanol–water partition coefficient (Wildman–Crippen LogP) is 12.9. The summed E-state index contributed by atoms with van der Waals surface area (Å²) in [7, 11) is 0. The van der Waals surface area contributed by atoms with E-state index in [1.54, 1.807) is 0 Å². The summed E-state index contributed by atoms with van der Waals surface area (Å²) < 4.78 is 0. The van der Waals surface area contributed by atoms with Crippen LogP contribution in [0.2, 0.25) is 0 Å². The highest BCUT2D eigenvalue weighted by Gasteiger charge is 2.45. The van der Waals surface area contributed by atoms with Gasteiger partial charge in [-0.2, -0.15) is 0 Å². The van der Waals surface area contributed by atoms with Crippen LogP contribution in [-0.4, -0.2) is 11.5 Å². The van der Waals surface area contributed by atoms with Crippen LogP contribution >= 0.6 is 0 Å². The Labute approximate surface area is 323 Å². The average molecular weight is 703 g/mol. The number of allylic oxidation sites excluding steroid dienone is 1. The van der Waals surface area contributed by atoms with Crippen LogP contribution in [0.3, 0.4) is 0 Å². The molecule has 0 amide bonds. The number of amidine groups is 1. The maximum Gasteiger partial charge on any atom is 0.152 e. The Morgan fingerprint density at radius 1 is 0.418 bits per heavy atom. The molecule has 1 N–H and O–H groups in total. The van der Waals surface area contributed by atoms with Crippen molar-refractivity contribution in [1.82, 2.24) is 0 Å². The molecule has 55 heavy (non-hydrogen) atoms. The molecule has 0 aliphatic heterocycles. The fourth-order valence-corrected chi connectivity index (χ4v) is 8.04. The van der Waals surface area contributed by atoms with E-state index in [0.717, 1.165) is 33.5 Å². The molecule has 260 valence electrons. The van der Waals surface area contributed by atoms with Gasteiger partial charge in [-0.1, -0.05) is 212 Å². The lowest BCUT2D eigenvalue weighted by molar-refractivity contribution is 0.768. The maximum absolute atomic E-state index is 8.89. The average Bonchev–Trinajstić information content (AvgIpc) is 3.57. The van der Waals surface area contributed by atoms with E-state index in [4.69, 9.17) is 10.4 Å². The lowest BCUT2D eigenvalue weighted by Gasteiger charge is -2.33. The molecule has 0 radical (unpaired) electrons. The maximum atomic E-state index is 8.89. The second-order valence-electron chi connectivity index (χ2n) is 13.9. The molecule has 2 heteroatoms. The Morgan fingerprint density at radius 3 is 1.51 bits per heavy atom. The van der Waals surface area contributed by atoms with Gasteiger partial charge in [0.25, 0.3) is 0 Å². The molecule has 1 aliphatic carbocycles. The van der Waals surface area contributed by atoms with Gasteiger partial charge < -0.3 is 0 Å². The summed E-state index contributed by atoms with van der Waals surface area (Å²) >= 11 is 0. The second kappa shape index (κ2) is 14.7. The zero-order valence-corrected chi connectivity index (χ0v) is 30.3. The van der Waals surface area contributed by atoms with Gasteiger partial charge in [0.15, 0.2) is 5.84 Å². The van der Waals surface area contributed by atoms with E-state index >= 15 is 0 Å². The monoisotopic (exact) mass is 702 g/mol. The Bertz CT molecular complexity index is 2620. The molecule has 0 bridgehead atoms. The fraction of sp³-hybridized carbons (Fsp3) is 0.0189. The van der Waals surface area contributed by atoms with Crippen LogP contribution in [0.5, 0.6) is 0 Å². The largest absolute Gasteiger partial charge is 0.282 e. The van der Waals surface area contributed by atoms with Crippen LogP contribution in [-0.2, 0) is 5.41 Å². The van der Waals surface area contributed by atoms with Crippen molar-refractivity contribution >= 4 is 17.6 Å². The summed E-state index contributed by atoms with van der Waals surface area (Å²) in [6.07, 6.45) is 4.02. The van der Waals surface area contributed by atoms with Crippen molar-refractivity contribution < 1.29 is 0 Å². The first kappa shape index (κ1) is 33.7. The molecule has 0 saturated carbocycles. The molecular weight excluding hydrogens is 665 g/mol. The summed E-state index contributed by atoms with van der Waals surface area (Å²) in [5.74, 6) is 0.222. The minimum Gasteiger partial charge on any atom is -0.282 e. The summed E-state index contributed by atoms with van der Waals surface area (Å²) in [6.45, 7) is 0. The minimum atomic E-state index is -0.396. The molecular formula is C53H38N2. The van der Waals surface area contributed by atoms with Gasteiger partial charge in [-0.15, -0.1) is 0 Å². The lowest BCUT2D eigenvalue weighted by atomic mass is 9.67. The molecule has 8 aromatic carbocycles. The van der Waals surface area contributed by atoms with Crippen molar-refractivity contribution in [3.63, 3.8) is 0 Å². The van der Waals surface area contributed by atoms with Crippen LogP contribution < -0.4 is 0 Å². The Balaban J connectivity index is 1.00. The predicted molar refractivity (Wildman–Crippen MR) is 230 cm³/mol. The normalized spacial score (nSPS) is 13.0. The standard InChI is InChI=1S/C53H38N2/c54-52(55-51(42-17-7-2-8-18-42)36-25-38-15-5-1-6-16-38)43-32-30-40(31-33-43)39-26-28-41(29-27-39)44-34-35-50-48(37-44)47-23-13-14-24-49(47)53(50,45-19-9-3-10-20-45)46-21-11-4-12-22-46/h1-37,54H/b36-25+,54-52?,55-51?. The summed E-state index contributed by atoms with van der Waals surface area (Å²) in [6, 6.07) is 74.9. The van der Waals surface area contributed by atoms with Gasteiger partial charge in [0, 0.05) is 11.1 Å². The number of nitrogens with one attached hydrogen (secondary N) is 1. The zero-order valence-electron chi connectivity index (χ0n) is 30.3. The van der Waals surface area contributed by atoms with Gasteiger partial charge in [-0.3, -0.25) is 5.41 Å². The molecule has 8 aromatic rings. The molecule has 0 atom stereocenters. The van der Waals surface area contributed by atoms with Crippen molar-refractivity contribution in [3.05, 3.63) is 257 Å². The summed E-state index contributed by atoms with van der Waals surface area (Å²) in [4.78, 5) is 4.77. The number of aliphatic imine (C=N–C) groups is 1. The summed E-state index contributed by atoms with van der Waals surface area (Å²) in [5, 5.41) is 8.89. The second-order valence-corrected chi connectivity index (χ2v) is 13.9. The quantitative estimate of drug-likeness (QED) is 0.121. The van der Waals surface area contributed by atoms with E-state index in [1.807, 2.05) is 72.8 Å². The van der Waals surface area contributed by atoms with Gasteiger partial charge in [-0.05, 0) is 73.3 Å².